The number of hydrogen-bond acceptors (Lipinski definition) is 3. The van der Waals surface area contributed by atoms with E-state index < -0.39 is 0 Å². The van der Waals surface area contributed by atoms with Crippen LogP contribution in [0.25, 0.3) is 0 Å². The average Bonchev–Trinajstić information content (AvgIpc) is 2.05. The lowest BCUT2D eigenvalue weighted by Crippen LogP contribution is -2.47. The summed E-state index contributed by atoms with van der Waals surface area (Å²) in [4.78, 5) is 1.77. The molecule has 1 saturated heterocycles. The molecule has 60 valence electrons. The molecule has 1 unspecified atom stereocenters. The third kappa shape index (κ3) is 2.03. The number of nitrogens with zero attached hydrogens (tertiary/aromatic N) is 2. The number of thiocarbonyl (C=S) groups is 1. The van der Waals surface area contributed by atoms with Crippen LogP contribution < -0.4 is 5.73 Å². The first-order valence-electron chi connectivity index (χ1n) is 3.29. The number of nitrogens with two attached hydrogens (primary N) is 1. The van der Waals surface area contributed by atoms with Gasteiger partial charge < -0.3 is 15.4 Å². The standard InChI is InChI=1S/C6H9N3OS/c7-3-5-4-9(6(8)11)1-2-10-5/h5H,1-2,4H2,(H2,8,11). The van der Waals surface area contributed by atoms with Gasteiger partial charge in [-0.05, 0) is 12.2 Å². The first kappa shape index (κ1) is 8.24. The molecule has 4 nitrogen and oxygen atoms in total. The fourth-order valence-corrected chi connectivity index (χ4v) is 1.09. The van der Waals surface area contributed by atoms with Crippen molar-refractivity contribution in [2.75, 3.05) is 19.7 Å². The lowest BCUT2D eigenvalue weighted by molar-refractivity contribution is 0.0270. The Balaban J connectivity index is 2.47. The number of morpholine rings is 1. The van der Waals surface area contributed by atoms with Crippen LogP contribution in [0.4, 0.5) is 0 Å². The van der Waals surface area contributed by atoms with Gasteiger partial charge in [-0.2, -0.15) is 5.26 Å². The Morgan fingerprint density at radius 1 is 1.82 bits per heavy atom. The molecule has 1 aliphatic heterocycles. The summed E-state index contributed by atoms with van der Waals surface area (Å²) in [5, 5.41) is 8.85. The summed E-state index contributed by atoms with van der Waals surface area (Å²) in [6.45, 7) is 1.70. The molecule has 0 aliphatic carbocycles. The second-order valence-corrected chi connectivity index (χ2v) is 2.69. The summed E-state index contributed by atoms with van der Waals surface area (Å²) >= 11 is 4.76. The van der Waals surface area contributed by atoms with E-state index in [0.29, 0.717) is 24.8 Å². The van der Waals surface area contributed by atoms with Gasteiger partial charge >= 0.3 is 0 Å². The van der Waals surface area contributed by atoms with Gasteiger partial charge in [0.1, 0.15) is 0 Å². The Bertz CT molecular complexity index is 200. The maximum absolute atomic E-state index is 8.50. The number of ether oxygens (including phenoxy) is 1. The fourth-order valence-electron chi connectivity index (χ4n) is 0.928. The molecule has 1 atom stereocenters. The van der Waals surface area contributed by atoms with Gasteiger partial charge in [0.05, 0.1) is 19.2 Å². The number of nitriles is 1. The Hall–Kier alpha value is -0.860. The van der Waals surface area contributed by atoms with Crippen LogP contribution in [0.15, 0.2) is 0 Å². The molecular weight excluding hydrogens is 162 g/mol. The Morgan fingerprint density at radius 3 is 3.09 bits per heavy atom. The van der Waals surface area contributed by atoms with Crippen molar-refractivity contribution in [2.24, 2.45) is 5.73 Å². The predicted molar refractivity (Wildman–Crippen MR) is 43.7 cm³/mol. The minimum atomic E-state index is -0.384. The smallest absolute Gasteiger partial charge is 0.166 e. The highest BCUT2D eigenvalue weighted by atomic mass is 32.1. The fraction of sp³-hybridized carbons (Fsp3) is 0.667. The molecule has 0 spiro atoms. The van der Waals surface area contributed by atoms with Crippen LogP contribution in [-0.2, 0) is 4.74 Å². The molecule has 1 rings (SSSR count). The second-order valence-electron chi connectivity index (χ2n) is 2.27. The van der Waals surface area contributed by atoms with Gasteiger partial charge in [-0.15, -0.1) is 0 Å². The molecule has 11 heavy (non-hydrogen) atoms. The molecule has 0 aromatic heterocycles. The van der Waals surface area contributed by atoms with E-state index in [1.165, 1.54) is 0 Å². The quantitative estimate of drug-likeness (QED) is 0.496. The average molecular weight is 171 g/mol. The van der Waals surface area contributed by atoms with E-state index in [2.05, 4.69) is 0 Å². The number of rotatable bonds is 0. The van der Waals surface area contributed by atoms with E-state index in [-0.39, 0.29) is 6.10 Å². The van der Waals surface area contributed by atoms with Crippen LogP contribution in [-0.4, -0.2) is 35.8 Å². The van der Waals surface area contributed by atoms with Crippen molar-refractivity contribution in [3.8, 4) is 6.07 Å². The summed E-state index contributed by atoms with van der Waals surface area (Å²) in [7, 11) is 0. The van der Waals surface area contributed by atoms with Crippen LogP contribution in [0.5, 0.6) is 0 Å². The molecule has 1 aliphatic rings. The third-order valence-electron chi connectivity index (χ3n) is 1.52. The van der Waals surface area contributed by atoms with Gasteiger partial charge in [0.2, 0.25) is 0 Å². The molecule has 0 saturated carbocycles. The van der Waals surface area contributed by atoms with Gasteiger partial charge in [0, 0.05) is 6.54 Å². The summed E-state index contributed by atoms with van der Waals surface area (Å²) in [6, 6.07) is 2.01. The zero-order valence-electron chi connectivity index (χ0n) is 5.99. The van der Waals surface area contributed by atoms with Crippen molar-refractivity contribution in [3.05, 3.63) is 0 Å². The summed E-state index contributed by atoms with van der Waals surface area (Å²) in [6.07, 6.45) is -0.384. The highest BCUT2D eigenvalue weighted by Crippen LogP contribution is 2.03. The number of hydrogen-bond donors (Lipinski definition) is 1. The minimum Gasteiger partial charge on any atom is -0.376 e. The van der Waals surface area contributed by atoms with Crippen LogP contribution in [0, 0.1) is 11.3 Å². The van der Waals surface area contributed by atoms with E-state index in [1.54, 1.807) is 4.90 Å². The molecule has 5 heteroatoms. The first-order valence-corrected chi connectivity index (χ1v) is 3.70. The normalized spacial score (nSPS) is 24.3. The van der Waals surface area contributed by atoms with Crippen LogP contribution >= 0.6 is 12.2 Å². The molecule has 1 heterocycles. The lowest BCUT2D eigenvalue weighted by atomic mass is 10.3. The molecule has 0 aromatic rings. The maximum Gasteiger partial charge on any atom is 0.166 e. The molecule has 0 aromatic carbocycles. The van der Waals surface area contributed by atoms with E-state index in [0.717, 1.165) is 0 Å². The van der Waals surface area contributed by atoms with Crippen molar-refractivity contribution in [1.29, 1.82) is 5.26 Å². The SMILES string of the molecule is N#CC1CN(C(N)=S)CCO1. The monoisotopic (exact) mass is 171 g/mol. The highest BCUT2D eigenvalue weighted by molar-refractivity contribution is 7.80. The van der Waals surface area contributed by atoms with E-state index in [1.807, 2.05) is 6.07 Å². The summed E-state index contributed by atoms with van der Waals surface area (Å²) in [5.74, 6) is 0. The Kier molecular flexibility index (Phi) is 2.63. The third-order valence-corrected chi connectivity index (χ3v) is 1.78. The minimum absolute atomic E-state index is 0.341. The van der Waals surface area contributed by atoms with Crippen molar-refractivity contribution in [3.63, 3.8) is 0 Å². The topological polar surface area (TPSA) is 62.3 Å². The van der Waals surface area contributed by atoms with Crippen molar-refractivity contribution in [2.45, 2.75) is 6.10 Å². The molecular formula is C6H9N3OS. The van der Waals surface area contributed by atoms with E-state index in [9.17, 15) is 0 Å². The molecule has 0 amide bonds. The van der Waals surface area contributed by atoms with Gasteiger partial charge in [0.25, 0.3) is 0 Å². The maximum atomic E-state index is 8.50. The predicted octanol–water partition coefficient (Wildman–Crippen LogP) is -0.546. The summed E-state index contributed by atoms with van der Waals surface area (Å²) in [5.41, 5.74) is 5.38. The van der Waals surface area contributed by atoms with Gasteiger partial charge in [-0.3, -0.25) is 0 Å². The molecule has 0 bridgehead atoms. The first-order chi connectivity index (χ1) is 5.24. The van der Waals surface area contributed by atoms with Crippen LogP contribution in [0.1, 0.15) is 0 Å². The Morgan fingerprint density at radius 2 is 2.55 bits per heavy atom. The highest BCUT2D eigenvalue weighted by Gasteiger charge is 2.19. The van der Waals surface area contributed by atoms with Gasteiger partial charge in [0.15, 0.2) is 11.2 Å². The van der Waals surface area contributed by atoms with Gasteiger partial charge in [-0.25, -0.2) is 0 Å². The second kappa shape index (κ2) is 3.51. The summed E-state index contributed by atoms with van der Waals surface area (Å²) < 4.78 is 5.09. The molecule has 1 fully saturated rings. The van der Waals surface area contributed by atoms with Gasteiger partial charge in [-0.1, -0.05) is 0 Å². The van der Waals surface area contributed by atoms with Crippen molar-refractivity contribution in [1.82, 2.24) is 4.90 Å². The zero-order valence-corrected chi connectivity index (χ0v) is 6.80. The van der Waals surface area contributed by atoms with Crippen molar-refractivity contribution >= 4 is 17.3 Å². The van der Waals surface area contributed by atoms with Crippen LogP contribution in [0.2, 0.25) is 0 Å². The van der Waals surface area contributed by atoms with E-state index in [4.69, 9.17) is 28.0 Å². The largest absolute Gasteiger partial charge is 0.376 e. The molecule has 0 radical (unpaired) electrons. The van der Waals surface area contributed by atoms with Crippen LogP contribution in [0.3, 0.4) is 0 Å². The van der Waals surface area contributed by atoms with Crippen molar-refractivity contribution < 1.29 is 4.74 Å². The lowest BCUT2D eigenvalue weighted by Gasteiger charge is -2.29. The molecule has 2 N–H and O–H groups in total. The van der Waals surface area contributed by atoms with E-state index >= 15 is 0 Å². The zero-order chi connectivity index (χ0) is 8.27. The Labute approximate surface area is 70.5 Å².